The summed E-state index contributed by atoms with van der Waals surface area (Å²) in [6, 6.07) is 0. The number of carbonyl (C=O) groups is 2. The van der Waals surface area contributed by atoms with Gasteiger partial charge in [-0.1, -0.05) is 0 Å². The number of nitrogens with one attached hydrogen (secondary N) is 2. The Morgan fingerprint density at radius 3 is 2.37 bits per heavy atom. The van der Waals surface area contributed by atoms with Crippen molar-refractivity contribution in [2.45, 2.75) is 18.4 Å². The zero-order valence-electron chi connectivity index (χ0n) is 11.5. The monoisotopic (exact) mass is 290 g/mol. The molecule has 0 spiro atoms. The summed E-state index contributed by atoms with van der Waals surface area (Å²) in [5.41, 5.74) is -0.326. The van der Waals surface area contributed by atoms with Crippen LogP contribution in [-0.2, 0) is 19.1 Å². The summed E-state index contributed by atoms with van der Waals surface area (Å²) in [5, 5.41) is 5.13. The van der Waals surface area contributed by atoms with Gasteiger partial charge < -0.3 is 20.1 Å². The van der Waals surface area contributed by atoms with Crippen LogP contribution in [0.1, 0.15) is 12.8 Å². The minimum Gasteiger partial charge on any atom is -0.383 e. The Morgan fingerprint density at radius 2 is 1.79 bits per heavy atom. The van der Waals surface area contributed by atoms with E-state index in [1.807, 2.05) is 11.8 Å². The Morgan fingerprint density at radius 1 is 1.16 bits per heavy atom. The first-order valence-electron chi connectivity index (χ1n) is 6.31. The maximum absolute atomic E-state index is 11.6. The molecule has 1 fully saturated rings. The molecule has 0 aromatic rings. The van der Waals surface area contributed by atoms with Crippen LogP contribution in [0.25, 0.3) is 0 Å². The predicted molar refractivity (Wildman–Crippen MR) is 74.2 cm³/mol. The van der Waals surface area contributed by atoms with E-state index in [2.05, 4.69) is 10.6 Å². The molecule has 1 saturated heterocycles. The minimum absolute atomic E-state index is 0.326. The lowest BCUT2D eigenvalue weighted by molar-refractivity contribution is -0.140. The lowest BCUT2D eigenvalue weighted by atomic mass is 9.96. The molecule has 0 saturated carbocycles. The van der Waals surface area contributed by atoms with E-state index in [9.17, 15) is 9.59 Å². The molecule has 110 valence electrons. The first kappa shape index (κ1) is 16.3. The fourth-order valence-electron chi connectivity index (χ4n) is 1.87. The number of carbonyl (C=O) groups excluding carboxylic acids is 2. The number of hydrogen-bond donors (Lipinski definition) is 2. The van der Waals surface area contributed by atoms with Crippen molar-refractivity contribution >= 4 is 23.6 Å². The van der Waals surface area contributed by atoms with Crippen LogP contribution in [0.5, 0.6) is 0 Å². The molecule has 2 amide bonds. The fourth-order valence-corrected chi connectivity index (χ4v) is 3.10. The van der Waals surface area contributed by atoms with Crippen LogP contribution in [0.4, 0.5) is 0 Å². The lowest BCUT2D eigenvalue weighted by Gasteiger charge is -2.35. The summed E-state index contributed by atoms with van der Waals surface area (Å²) < 4.78 is 10.3. The average Bonchev–Trinajstić information content (AvgIpc) is 2.46. The smallest absolute Gasteiger partial charge is 0.309 e. The second-order valence-electron chi connectivity index (χ2n) is 4.43. The third kappa shape index (κ3) is 5.38. The van der Waals surface area contributed by atoms with Crippen LogP contribution >= 0.6 is 11.8 Å². The minimum atomic E-state index is -0.631. The van der Waals surface area contributed by atoms with Gasteiger partial charge >= 0.3 is 11.8 Å². The summed E-state index contributed by atoms with van der Waals surface area (Å²) in [4.78, 5) is 23.1. The van der Waals surface area contributed by atoms with Crippen molar-refractivity contribution in [3.63, 3.8) is 0 Å². The van der Waals surface area contributed by atoms with Crippen LogP contribution in [0.15, 0.2) is 0 Å². The molecule has 19 heavy (non-hydrogen) atoms. The molecule has 6 nitrogen and oxygen atoms in total. The molecule has 2 N–H and O–H groups in total. The van der Waals surface area contributed by atoms with Crippen molar-refractivity contribution in [3.05, 3.63) is 0 Å². The molecule has 1 heterocycles. The molecule has 0 bridgehead atoms. The Labute approximate surface area is 118 Å². The summed E-state index contributed by atoms with van der Waals surface area (Å²) in [6.45, 7) is 1.09. The second kappa shape index (κ2) is 8.39. The van der Waals surface area contributed by atoms with Crippen molar-refractivity contribution in [1.29, 1.82) is 0 Å². The molecule has 0 aromatic heterocycles. The molecule has 1 aliphatic rings. The van der Waals surface area contributed by atoms with Gasteiger partial charge in [-0.05, 0) is 24.3 Å². The predicted octanol–water partition coefficient (Wildman–Crippen LogP) is -0.223. The van der Waals surface area contributed by atoms with E-state index in [1.54, 1.807) is 7.11 Å². The highest BCUT2D eigenvalue weighted by molar-refractivity contribution is 7.99. The van der Waals surface area contributed by atoms with Gasteiger partial charge in [-0.3, -0.25) is 9.59 Å². The Hall–Kier alpha value is -0.790. The van der Waals surface area contributed by atoms with Crippen LogP contribution in [0.2, 0.25) is 0 Å². The van der Waals surface area contributed by atoms with E-state index >= 15 is 0 Å². The number of ether oxygens (including phenoxy) is 2. The topological polar surface area (TPSA) is 76.7 Å². The quantitative estimate of drug-likeness (QED) is 0.522. The van der Waals surface area contributed by atoms with Gasteiger partial charge in [-0.25, -0.2) is 0 Å². The number of thioether (sulfide) groups is 1. The SMILES string of the molecule is COCCNC(=O)C(=O)NCC1(OC)CCSCC1. The maximum Gasteiger partial charge on any atom is 0.309 e. The third-order valence-electron chi connectivity index (χ3n) is 3.21. The van der Waals surface area contributed by atoms with Gasteiger partial charge in [-0.2, -0.15) is 11.8 Å². The first-order chi connectivity index (χ1) is 9.13. The normalized spacial score (nSPS) is 17.8. The molecular formula is C12H22N2O4S. The second-order valence-corrected chi connectivity index (χ2v) is 5.66. The van der Waals surface area contributed by atoms with E-state index in [0.29, 0.717) is 19.7 Å². The summed E-state index contributed by atoms with van der Waals surface area (Å²) in [5.74, 6) is 0.785. The van der Waals surface area contributed by atoms with E-state index in [4.69, 9.17) is 9.47 Å². The molecule has 0 atom stereocenters. The van der Waals surface area contributed by atoms with Crippen LogP contribution < -0.4 is 10.6 Å². The summed E-state index contributed by atoms with van der Waals surface area (Å²) in [6.07, 6.45) is 1.78. The number of amides is 2. The number of methoxy groups -OCH3 is 2. The fraction of sp³-hybridized carbons (Fsp3) is 0.833. The highest BCUT2D eigenvalue weighted by Crippen LogP contribution is 2.29. The molecule has 7 heteroatoms. The largest absolute Gasteiger partial charge is 0.383 e. The molecular weight excluding hydrogens is 268 g/mol. The Kier molecular flexibility index (Phi) is 7.19. The zero-order valence-corrected chi connectivity index (χ0v) is 12.3. The molecule has 0 aromatic carbocycles. The van der Waals surface area contributed by atoms with E-state index in [0.717, 1.165) is 24.3 Å². The zero-order chi connectivity index (χ0) is 14.1. The van der Waals surface area contributed by atoms with E-state index in [-0.39, 0.29) is 5.60 Å². The van der Waals surface area contributed by atoms with Crippen molar-refractivity contribution in [1.82, 2.24) is 10.6 Å². The van der Waals surface area contributed by atoms with Crippen molar-refractivity contribution in [2.75, 3.05) is 45.4 Å². The summed E-state index contributed by atoms with van der Waals surface area (Å²) >= 11 is 1.88. The van der Waals surface area contributed by atoms with Gasteiger partial charge in [0, 0.05) is 27.3 Å². The van der Waals surface area contributed by atoms with E-state index in [1.165, 1.54) is 7.11 Å². The third-order valence-corrected chi connectivity index (χ3v) is 4.19. The molecule has 0 radical (unpaired) electrons. The van der Waals surface area contributed by atoms with Crippen LogP contribution in [-0.4, -0.2) is 62.8 Å². The van der Waals surface area contributed by atoms with Gasteiger partial charge in [0.2, 0.25) is 0 Å². The standard InChI is InChI=1S/C12H22N2O4S/c1-17-6-5-13-10(15)11(16)14-9-12(18-2)3-7-19-8-4-12/h3-9H2,1-2H3,(H,13,15)(H,14,16). The van der Waals surface area contributed by atoms with E-state index < -0.39 is 11.8 Å². The van der Waals surface area contributed by atoms with Crippen molar-refractivity contribution in [2.24, 2.45) is 0 Å². The first-order valence-corrected chi connectivity index (χ1v) is 7.47. The molecule has 1 rings (SSSR count). The van der Waals surface area contributed by atoms with Crippen LogP contribution in [0.3, 0.4) is 0 Å². The number of hydrogen-bond acceptors (Lipinski definition) is 5. The summed E-state index contributed by atoms with van der Waals surface area (Å²) in [7, 11) is 3.19. The van der Waals surface area contributed by atoms with Gasteiger partial charge in [0.05, 0.1) is 12.2 Å². The highest BCUT2D eigenvalue weighted by Gasteiger charge is 2.33. The number of rotatable bonds is 6. The highest BCUT2D eigenvalue weighted by atomic mass is 32.2. The average molecular weight is 290 g/mol. The Bertz CT molecular complexity index is 306. The molecule has 0 unspecified atom stereocenters. The van der Waals surface area contributed by atoms with Gasteiger partial charge in [0.15, 0.2) is 0 Å². The van der Waals surface area contributed by atoms with Crippen molar-refractivity contribution < 1.29 is 19.1 Å². The Balaban J connectivity index is 2.33. The molecule has 0 aliphatic carbocycles. The van der Waals surface area contributed by atoms with Gasteiger partial charge in [0.1, 0.15) is 0 Å². The van der Waals surface area contributed by atoms with Crippen LogP contribution in [0, 0.1) is 0 Å². The molecule has 1 aliphatic heterocycles. The van der Waals surface area contributed by atoms with Gasteiger partial charge in [0.25, 0.3) is 0 Å². The van der Waals surface area contributed by atoms with Crippen molar-refractivity contribution in [3.8, 4) is 0 Å². The lowest BCUT2D eigenvalue weighted by Crippen LogP contribution is -2.50. The maximum atomic E-state index is 11.6. The van der Waals surface area contributed by atoms with Gasteiger partial charge in [-0.15, -0.1) is 0 Å².